The second-order valence-corrected chi connectivity index (χ2v) is 7.72. The molecule has 1 amide bonds. The number of ether oxygens (including phenoxy) is 2. The third-order valence-electron chi connectivity index (χ3n) is 3.25. The third-order valence-corrected chi connectivity index (χ3v) is 3.53. The minimum Gasteiger partial charge on any atom is -0.480 e. The molecule has 5 nitrogen and oxygen atoms in total. The lowest BCUT2D eigenvalue weighted by atomic mass is 9.93. The molecule has 0 radical (unpaired) electrons. The molecule has 0 aromatic carbocycles. The van der Waals surface area contributed by atoms with E-state index in [4.69, 9.17) is 21.1 Å². The number of pyridine rings is 1. The van der Waals surface area contributed by atoms with Crippen molar-refractivity contribution in [2.24, 2.45) is 5.41 Å². The van der Waals surface area contributed by atoms with Crippen molar-refractivity contribution in [2.45, 2.75) is 46.6 Å². The SMILES string of the molecule is CC1(C)CCN(C(=O)OC(C)(C)C)C1.COc1ncccc1Cl. The fraction of sp³-hybridized carbons (Fsp3) is 0.647. The number of rotatable bonds is 1. The summed E-state index contributed by atoms with van der Waals surface area (Å²) in [6, 6.07) is 3.48. The van der Waals surface area contributed by atoms with E-state index in [-0.39, 0.29) is 17.1 Å². The van der Waals surface area contributed by atoms with Crippen LogP contribution in [0.5, 0.6) is 5.88 Å². The first-order chi connectivity index (χ1) is 10.5. The lowest BCUT2D eigenvalue weighted by Gasteiger charge is -2.25. The number of hydrogen-bond acceptors (Lipinski definition) is 4. The van der Waals surface area contributed by atoms with Gasteiger partial charge in [0.05, 0.1) is 7.11 Å². The van der Waals surface area contributed by atoms with Crippen LogP contribution in [0.15, 0.2) is 18.3 Å². The summed E-state index contributed by atoms with van der Waals surface area (Å²) >= 11 is 5.64. The Balaban J connectivity index is 0.000000253. The van der Waals surface area contributed by atoms with Gasteiger partial charge in [0.1, 0.15) is 10.6 Å². The number of carbonyl (C=O) groups excluding carboxylic acids is 1. The Labute approximate surface area is 143 Å². The zero-order valence-electron chi connectivity index (χ0n) is 14.9. The van der Waals surface area contributed by atoms with Crippen LogP contribution in [0.25, 0.3) is 0 Å². The number of hydrogen-bond donors (Lipinski definition) is 0. The first kappa shape index (κ1) is 19.6. The van der Waals surface area contributed by atoms with Crippen LogP contribution in [0, 0.1) is 5.41 Å². The Bertz CT molecular complexity index is 527. The molecule has 1 saturated heterocycles. The van der Waals surface area contributed by atoms with Crippen LogP contribution in [0.2, 0.25) is 5.02 Å². The monoisotopic (exact) mass is 342 g/mol. The standard InChI is InChI=1S/C11H21NO2.C6H6ClNO/c1-10(2,3)14-9(13)12-7-6-11(4,5)8-12;1-9-6-5(7)3-2-4-8-6/h6-8H2,1-5H3;2-4H,1H3. The molecule has 1 aromatic heterocycles. The predicted octanol–water partition coefficient (Wildman–Crippen LogP) is 4.40. The fourth-order valence-electron chi connectivity index (χ4n) is 2.12. The van der Waals surface area contributed by atoms with Gasteiger partial charge in [0.2, 0.25) is 5.88 Å². The molecule has 1 fully saturated rings. The third kappa shape index (κ3) is 7.08. The van der Waals surface area contributed by atoms with Gasteiger partial charge in [0.15, 0.2) is 0 Å². The van der Waals surface area contributed by atoms with Gasteiger partial charge in [-0.15, -0.1) is 0 Å². The maximum Gasteiger partial charge on any atom is 0.410 e. The second kappa shape index (κ2) is 7.86. The Morgan fingerprint density at radius 2 is 2.04 bits per heavy atom. The molecule has 0 atom stereocenters. The molecule has 2 heterocycles. The molecule has 1 aromatic rings. The highest BCUT2D eigenvalue weighted by molar-refractivity contribution is 6.31. The summed E-state index contributed by atoms with van der Waals surface area (Å²) < 4.78 is 10.1. The topological polar surface area (TPSA) is 51.7 Å². The number of carbonyl (C=O) groups is 1. The molecule has 0 saturated carbocycles. The van der Waals surface area contributed by atoms with Gasteiger partial charge in [-0.3, -0.25) is 0 Å². The normalized spacial score (nSPS) is 16.4. The maximum absolute atomic E-state index is 11.7. The highest BCUT2D eigenvalue weighted by atomic mass is 35.5. The Morgan fingerprint density at radius 3 is 2.43 bits per heavy atom. The van der Waals surface area contributed by atoms with Gasteiger partial charge in [0.25, 0.3) is 0 Å². The zero-order valence-corrected chi connectivity index (χ0v) is 15.6. The van der Waals surface area contributed by atoms with Crippen molar-refractivity contribution >= 4 is 17.7 Å². The zero-order chi connectivity index (χ0) is 17.7. The van der Waals surface area contributed by atoms with Gasteiger partial charge in [-0.25, -0.2) is 9.78 Å². The number of halogens is 1. The first-order valence-electron chi connectivity index (χ1n) is 7.66. The van der Waals surface area contributed by atoms with Crippen molar-refractivity contribution in [3.63, 3.8) is 0 Å². The Morgan fingerprint density at radius 1 is 1.39 bits per heavy atom. The van der Waals surface area contributed by atoms with E-state index in [1.54, 1.807) is 23.2 Å². The van der Waals surface area contributed by atoms with E-state index in [2.05, 4.69) is 18.8 Å². The van der Waals surface area contributed by atoms with Crippen molar-refractivity contribution < 1.29 is 14.3 Å². The maximum atomic E-state index is 11.7. The van der Waals surface area contributed by atoms with Crippen molar-refractivity contribution in [2.75, 3.05) is 20.2 Å². The van der Waals surface area contributed by atoms with Gasteiger partial charge in [-0.1, -0.05) is 25.4 Å². The molecule has 0 bridgehead atoms. The van der Waals surface area contributed by atoms with Crippen LogP contribution in [0.4, 0.5) is 4.79 Å². The average Bonchev–Trinajstić information content (AvgIpc) is 2.79. The number of likely N-dealkylation sites (tertiary alicyclic amines) is 1. The van der Waals surface area contributed by atoms with E-state index >= 15 is 0 Å². The Hall–Kier alpha value is -1.49. The van der Waals surface area contributed by atoms with E-state index in [0.29, 0.717) is 10.9 Å². The summed E-state index contributed by atoms with van der Waals surface area (Å²) in [6.45, 7) is 11.7. The molecule has 0 aliphatic carbocycles. The number of methoxy groups -OCH3 is 1. The molecule has 6 heteroatoms. The van der Waals surface area contributed by atoms with E-state index in [1.807, 2.05) is 20.8 Å². The average molecular weight is 343 g/mol. The highest BCUT2D eigenvalue weighted by Gasteiger charge is 2.34. The smallest absolute Gasteiger partial charge is 0.410 e. The molecule has 0 N–H and O–H groups in total. The lowest BCUT2D eigenvalue weighted by Crippen LogP contribution is -2.36. The van der Waals surface area contributed by atoms with Crippen LogP contribution in [0.1, 0.15) is 41.0 Å². The van der Waals surface area contributed by atoms with Crippen molar-refractivity contribution in [3.8, 4) is 5.88 Å². The van der Waals surface area contributed by atoms with E-state index in [0.717, 1.165) is 19.5 Å². The summed E-state index contributed by atoms with van der Waals surface area (Å²) in [7, 11) is 1.54. The highest BCUT2D eigenvalue weighted by Crippen LogP contribution is 2.29. The number of amides is 1. The van der Waals surface area contributed by atoms with E-state index < -0.39 is 0 Å². The van der Waals surface area contributed by atoms with Crippen molar-refractivity contribution in [3.05, 3.63) is 23.4 Å². The summed E-state index contributed by atoms with van der Waals surface area (Å²) in [5.41, 5.74) is -0.138. The first-order valence-corrected chi connectivity index (χ1v) is 8.04. The second-order valence-electron chi connectivity index (χ2n) is 7.31. The van der Waals surface area contributed by atoms with Gasteiger partial charge in [-0.2, -0.15) is 0 Å². The summed E-state index contributed by atoms with van der Waals surface area (Å²) in [6.07, 6.45) is 2.51. The molecule has 2 rings (SSSR count). The van der Waals surface area contributed by atoms with Crippen molar-refractivity contribution in [1.82, 2.24) is 9.88 Å². The summed E-state index contributed by atoms with van der Waals surface area (Å²) in [5.74, 6) is 0.471. The molecular formula is C17H27ClN2O3. The van der Waals surface area contributed by atoms with Gasteiger partial charge in [0, 0.05) is 19.3 Å². The number of aromatic nitrogens is 1. The van der Waals surface area contributed by atoms with E-state index in [9.17, 15) is 4.79 Å². The summed E-state index contributed by atoms with van der Waals surface area (Å²) in [4.78, 5) is 17.3. The molecular weight excluding hydrogens is 316 g/mol. The van der Waals surface area contributed by atoms with Gasteiger partial charge < -0.3 is 14.4 Å². The van der Waals surface area contributed by atoms with Crippen LogP contribution < -0.4 is 4.74 Å². The predicted molar refractivity (Wildman–Crippen MR) is 92.0 cm³/mol. The largest absolute Gasteiger partial charge is 0.480 e. The number of nitrogens with zero attached hydrogens (tertiary/aromatic N) is 2. The minimum atomic E-state index is -0.385. The fourth-order valence-corrected chi connectivity index (χ4v) is 2.31. The van der Waals surface area contributed by atoms with Crippen molar-refractivity contribution in [1.29, 1.82) is 0 Å². The van der Waals surface area contributed by atoms with E-state index in [1.165, 1.54) is 7.11 Å². The molecule has 0 unspecified atom stereocenters. The lowest BCUT2D eigenvalue weighted by molar-refractivity contribution is 0.0278. The van der Waals surface area contributed by atoms with Crippen LogP contribution >= 0.6 is 11.6 Å². The Kier molecular flexibility index (Phi) is 6.69. The molecule has 23 heavy (non-hydrogen) atoms. The van der Waals surface area contributed by atoms with Crippen LogP contribution in [-0.2, 0) is 4.74 Å². The van der Waals surface area contributed by atoms with Crippen LogP contribution in [-0.4, -0.2) is 41.8 Å². The van der Waals surface area contributed by atoms with Gasteiger partial charge >= 0.3 is 6.09 Å². The summed E-state index contributed by atoms with van der Waals surface area (Å²) in [5, 5.41) is 0.542. The molecule has 1 aliphatic heterocycles. The molecule has 0 spiro atoms. The molecule has 130 valence electrons. The van der Waals surface area contributed by atoms with Gasteiger partial charge in [-0.05, 0) is 44.7 Å². The molecule has 1 aliphatic rings. The van der Waals surface area contributed by atoms with Crippen LogP contribution in [0.3, 0.4) is 0 Å². The quantitative estimate of drug-likeness (QED) is 0.759. The minimum absolute atomic E-state index is 0.178.